The van der Waals surface area contributed by atoms with E-state index in [0.717, 1.165) is 12.2 Å². The Bertz CT molecular complexity index is 95.1. The average molecular weight is 148 g/mol. The van der Waals surface area contributed by atoms with Crippen molar-refractivity contribution in [3.8, 4) is 0 Å². The van der Waals surface area contributed by atoms with Crippen LogP contribution in [-0.4, -0.2) is 29.2 Å². The van der Waals surface area contributed by atoms with Gasteiger partial charge in [-0.3, -0.25) is 0 Å². The first-order chi connectivity index (χ1) is 4.24. The van der Waals surface area contributed by atoms with Crippen LogP contribution in [0.2, 0.25) is 0 Å². The van der Waals surface area contributed by atoms with Crippen molar-refractivity contribution in [2.24, 2.45) is 0 Å². The molecule has 0 amide bonds. The van der Waals surface area contributed by atoms with E-state index >= 15 is 0 Å². The highest BCUT2D eigenvalue weighted by molar-refractivity contribution is 7.80. The highest BCUT2D eigenvalue weighted by Crippen LogP contribution is 2.26. The lowest BCUT2D eigenvalue weighted by Crippen LogP contribution is -2.13. The van der Waals surface area contributed by atoms with E-state index in [-0.39, 0.29) is 18.3 Å². The quantitative estimate of drug-likeness (QED) is 0.569. The maximum Gasteiger partial charge on any atom is 0.0864 e. The number of hydrogen-bond acceptors (Lipinski definition) is 3. The monoisotopic (exact) mass is 148 g/mol. The second-order valence-electron chi connectivity index (χ2n) is 2.47. The normalized spacial score (nSPS) is 36.3. The number of hydrogen-bond donors (Lipinski definition) is 2. The summed E-state index contributed by atoms with van der Waals surface area (Å²) in [5, 5.41) is 8.82. The van der Waals surface area contributed by atoms with Gasteiger partial charge in [0.25, 0.3) is 0 Å². The van der Waals surface area contributed by atoms with Gasteiger partial charge in [0.15, 0.2) is 0 Å². The first-order valence-corrected chi connectivity index (χ1v) is 3.81. The van der Waals surface area contributed by atoms with Crippen molar-refractivity contribution in [1.29, 1.82) is 0 Å². The van der Waals surface area contributed by atoms with Gasteiger partial charge < -0.3 is 9.84 Å². The molecule has 1 aliphatic carbocycles. The zero-order valence-corrected chi connectivity index (χ0v) is 6.34. The van der Waals surface area contributed by atoms with Crippen LogP contribution in [0.4, 0.5) is 0 Å². The minimum atomic E-state index is -0.202. The van der Waals surface area contributed by atoms with Gasteiger partial charge in [-0.25, -0.2) is 0 Å². The van der Waals surface area contributed by atoms with Gasteiger partial charge in [0.05, 0.1) is 18.3 Å². The van der Waals surface area contributed by atoms with Crippen molar-refractivity contribution < 1.29 is 9.84 Å². The Morgan fingerprint density at radius 2 is 2.44 bits per heavy atom. The number of aliphatic hydroxyl groups excluding tert-OH is 1. The molecule has 1 aliphatic rings. The molecule has 0 aromatic carbocycles. The SMILES string of the molecule is CC(CS)OC1CC1O. The van der Waals surface area contributed by atoms with Gasteiger partial charge in [-0.2, -0.15) is 12.6 Å². The number of thiol groups is 1. The van der Waals surface area contributed by atoms with Crippen LogP contribution >= 0.6 is 12.6 Å². The molecule has 3 unspecified atom stereocenters. The molecular weight excluding hydrogens is 136 g/mol. The lowest BCUT2D eigenvalue weighted by molar-refractivity contribution is 0.0414. The van der Waals surface area contributed by atoms with E-state index in [2.05, 4.69) is 12.6 Å². The first kappa shape index (κ1) is 7.38. The summed E-state index contributed by atoms with van der Waals surface area (Å²) in [5.41, 5.74) is 0. The van der Waals surface area contributed by atoms with Crippen molar-refractivity contribution in [3.63, 3.8) is 0 Å². The Kier molecular flexibility index (Phi) is 2.38. The minimum absolute atomic E-state index is 0.104. The van der Waals surface area contributed by atoms with Crippen molar-refractivity contribution in [3.05, 3.63) is 0 Å². The Morgan fingerprint density at radius 1 is 1.89 bits per heavy atom. The summed E-state index contributed by atoms with van der Waals surface area (Å²) < 4.78 is 5.30. The fourth-order valence-corrected chi connectivity index (χ4v) is 0.733. The molecule has 0 aromatic rings. The Morgan fingerprint density at radius 3 is 2.78 bits per heavy atom. The van der Waals surface area contributed by atoms with Crippen LogP contribution in [0.5, 0.6) is 0 Å². The van der Waals surface area contributed by atoms with Gasteiger partial charge in [0.1, 0.15) is 0 Å². The fraction of sp³-hybridized carbons (Fsp3) is 1.00. The van der Waals surface area contributed by atoms with E-state index in [1.807, 2.05) is 6.92 Å². The van der Waals surface area contributed by atoms with Gasteiger partial charge in [0, 0.05) is 12.2 Å². The van der Waals surface area contributed by atoms with Gasteiger partial charge in [0.2, 0.25) is 0 Å². The highest BCUT2D eigenvalue weighted by Gasteiger charge is 2.37. The van der Waals surface area contributed by atoms with Crippen molar-refractivity contribution in [2.75, 3.05) is 5.75 Å². The summed E-state index contributed by atoms with van der Waals surface area (Å²) in [7, 11) is 0. The van der Waals surface area contributed by atoms with Gasteiger partial charge in [-0.05, 0) is 6.92 Å². The molecule has 0 radical (unpaired) electrons. The number of ether oxygens (including phenoxy) is 1. The number of aliphatic hydroxyl groups is 1. The smallest absolute Gasteiger partial charge is 0.0864 e. The third kappa shape index (κ3) is 2.16. The van der Waals surface area contributed by atoms with Crippen LogP contribution in [-0.2, 0) is 4.74 Å². The lowest BCUT2D eigenvalue weighted by atomic mass is 10.5. The standard InChI is InChI=1S/C6H12O2S/c1-4(3-9)8-6-2-5(6)7/h4-7,9H,2-3H2,1H3. The third-order valence-corrected chi connectivity index (χ3v) is 1.88. The largest absolute Gasteiger partial charge is 0.390 e. The fourth-order valence-electron chi connectivity index (χ4n) is 0.647. The van der Waals surface area contributed by atoms with Crippen LogP contribution in [0, 0.1) is 0 Å². The van der Waals surface area contributed by atoms with E-state index in [9.17, 15) is 0 Å². The van der Waals surface area contributed by atoms with E-state index in [1.165, 1.54) is 0 Å². The molecule has 3 heteroatoms. The topological polar surface area (TPSA) is 29.5 Å². The summed E-state index contributed by atoms with van der Waals surface area (Å²) in [4.78, 5) is 0. The third-order valence-electron chi connectivity index (χ3n) is 1.36. The number of rotatable bonds is 3. The minimum Gasteiger partial charge on any atom is -0.390 e. The zero-order valence-electron chi connectivity index (χ0n) is 5.45. The molecule has 0 spiro atoms. The summed E-state index contributed by atoms with van der Waals surface area (Å²) in [6.07, 6.45) is 0.882. The van der Waals surface area contributed by atoms with E-state index in [1.54, 1.807) is 0 Å². The molecule has 1 saturated carbocycles. The molecule has 2 nitrogen and oxygen atoms in total. The molecule has 0 saturated heterocycles. The zero-order chi connectivity index (χ0) is 6.85. The summed E-state index contributed by atoms with van der Waals surface area (Å²) in [6, 6.07) is 0. The van der Waals surface area contributed by atoms with Crippen molar-refractivity contribution >= 4 is 12.6 Å². The molecule has 0 aliphatic heterocycles. The molecule has 1 fully saturated rings. The highest BCUT2D eigenvalue weighted by atomic mass is 32.1. The van der Waals surface area contributed by atoms with Crippen molar-refractivity contribution in [2.45, 2.75) is 31.7 Å². The van der Waals surface area contributed by atoms with Gasteiger partial charge in [-0.15, -0.1) is 0 Å². The molecule has 0 aromatic heterocycles. The van der Waals surface area contributed by atoms with E-state index < -0.39 is 0 Å². The summed E-state index contributed by atoms with van der Waals surface area (Å²) >= 11 is 4.04. The summed E-state index contributed by atoms with van der Waals surface area (Å²) in [5.74, 6) is 0.725. The van der Waals surface area contributed by atoms with Gasteiger partial charge in [-0.1, -0.05) is 0 Å². The molecule has 9 heavy (non-hydrogen) atoms. The second kappa shape index (κ2) is 2.90. The molecule has 54 valence electrons. The predicted molar refractivity (Wildman–Crippen MR) is 38.8 cm³/mol. The molecule has 0 heterocycles. The Balaban J connectivity index is 2.05. The maximum absolute atomic E-state index is 8.82. The Hall–Kier alpha value is 0.270. The predicted octanol–water partition coefficient (Wildman–Crippen LogP) is 0.454. The molecule has 3 atom stereocenters. The van der Waals surface area contributed by atoms with Crippen LogP contribution in [0.25, 0.3) is 0 Å². The Labute approximate surface area is 60.6 Å². The van der Waals surface area contributed by atoms with Crippen LogP contribution in [0.15, 0.2) is 0 Å². The lowest BCUT2D eigenvalue weighted by Gasteiger charge is -2.07. The molecule has 1 N–H and O–H groups in total. The molecular formula is C6H12O2S. The van der Waals surface area contributed by atoms with Crippen LogP contribution in [0.3, 0.4) is 0 Å². The maximum atomic E-state index is 8.82. The molecule has 1 rings (SSSR count). The van der Waals surface area contributed by atoms with Gasteiger partial charge >= 0.3 is 0 Å². The average Bonchev–Trinajstić information content (AvgIpc) is 2.47. The first-order valence-electron chi connectivity index (χ1n) is 3.18. The van der Waals surface area contributed by atoms with Crippen molar-refractivity contribution in [1.82, 2.24) is 0 Å². The second-order valence-corrected chi connectivity index (χ2v) is 2.84. The summed E-state index contributed by atoms with van der Waals surface area (Å²) in [6.45, 7) is 1.96. The van der Waals surface area contributed by atoms with E-state index in [0.29, 0.717) is 0 Å². The molecule has 0 bridgehead atoms. The van der Waals surface area contributed by atoms with E-state index in [4.69, 9.17) is 9.84 Å². The van der Waals surface area contributed by atoms with Crippen LogP contribution in [0.1, 0.15) is 13.3 Å². The van der Waals surface area contributed by atoms with Crippen LogP contribution < -0.4 is 0 Å².